The maximum atomic E-state index is 13.8. The largest absolute Gasteiger partial charge is 0.444 e. The highest BCUT2D eigenvalue weighted by atomic mass is 35.5. The first-order valence-electron chi connectivity index (χ1n) is 16.0. The Kier molecular flexibility index (Phi) is 11.9. The Balaban J connectivity index is 1.58. The summed E-state index contributed by atoms with van der Waals surface area (Å²) in [6, 6.07) is 24.9. The van der Waals surface area contributed by atoms with Gasteiger partial charge in [-0.25, -0.2) is 4.79 Å². The molecule has 1 aliphatic carbocycles. The summed E-state index contributed by atoms with van der Waals surface area (Å²) in [6.07, 6.45) is 8.74. The second-order valence-electron chi connectivity index (χ2n) is 12.8. The molecule has 0 aromatic heterocycles. The molecule has 0 radical (unpaired) electrons. The number of hydrogen-bond donors (Lipinski definition) is 2. The molecule has 2 atom stereocenters. The van der Waals surface area contributed by atoms with Crippen LogP contribution in [0.25, 0.3) is 0 Å². The number of halogens is 1. The molecule has 3 N–H and O–H groups in total. The van der Waals surface area contributed by atoms with E-state index < -0.39 is 29.3 Å². The normalized spacial score (nSPS) is 16.3. The van der Waals surface area contributed by atoms with Gasteiger partial charge in [0.2, 0.25) is 0 Å². The predicted molar refractivity (Wildman–Crippen MR) is 177 cm³/mol. The lowest BCUT2D eigenvalue weighted by atomic mass is 9.79. The van der Waals surface area contributed by atoms with Crippen LogP contribution in [-0.4, -0.2) is 30.3 Å². The zero-order chi connectivity index (χ0) is 31.6. The standard InChI is InChI=1S/C37H47ClN2O4/c1-36(2,3)44-35(42)40-26-14-13-21-33(39)34(41)43-37(29-17-9-6-10-18-29,31-19-11-12-20-32(31)38)30-24-22-28(23-25-30)27-15-7-4-5-8-16-27/h6,9-12,17-20,22-25,27,33H,4-5,7-8,13-16,21,26,39H2,1-3H3,(H,40,42)/t33-,37?/m1/s1. The molecule has 0 heterocycles. The number of carbonyl (C=O) groups is 2. The van der Waals surface area contributed by atoms with E-state index >= 15 is 0 Å². The fourth-order valence-electron chi connectivity index (χ4n) is 6.01. The van der Waals surface area contributed by atoms with E-state index in [1.807, 2.05) is 75.4 Å². The van der Waals surface area contributed by atoms with Crippen molar-refractivity contribution in [1.29, 1.82) is 0 Å². The first-order chi connectivity index (χ1) is 21.1. The number of nitrogens with one attached hydrogen (secondary N) is 1. The molecule has 6 nitrogen and oxygen atoms in total. The van der Waals surface area contributed by atoms with Crippen LogP contribution in [0.2, 0.25) is 5.02 Å². The summed E-state index contributed by atoms with van der Waals surface area (Å²) in [7, 11) is 0. The van der Waals surface area contributed by atoms with Gasteiger partial charge in [-0.05, 0) is 70.4 Å². The average Bonchev–Trinajstić information content (AvgIpc) is 3.29. The van der Waals surface area contributed by atoms with Crippen LogP contribution in [0.1, 0.15) is 107 Å². The molecule has 1 fully saturated rings. The van der Waals surface area contributed by atoms with Crippen LogP contribution in [0.4, 0.5) is 4.79 Å². The summed E-state index contributed by atoms with van der Waals surface area (Å²) in [6.45, 7) is 5.89. The molecule has 236 valence electrons. The van der Waals surface area contributed by atoms with Gasteiger partial charge in [-0.3, -0.25) is 4.79 Å². The molecule has 7 heteroatoms. The van der Waals surface area contributed by atoms with Gasteiger partial charge in [0.05, 0.1) is 0 Å². The summed E-state index contributed by atoms with van der Waals surface area (Å²) in [5.74, 6) is 0.0282. The summed E-state index contributed by atoms with van der Waals surface area (Å²) in [4.78, 5) is 25.7. The fourth-order valence-corrected chi connectivity index (χ4v) is 6.28. The Labute approximate surface area is 267 Å². The smallest absolute Gasteiger partial charge is 0.407 e. The van der Waals surface area contributed by atoms with Gasteiger partial charge in [0.1, 0.15) is 11.6 Å². The highest BCUT2D eigenvalue weighted by Gasteiger charge is 2.43. The van der Waals surface area contributed by atoms with Gasteiger partial charge in [-0.2, -0.15) is 0 Å². The second-order valence-corrected chi connectivity index (χ2v) is 13.2. The van der Waals surface area contributed by atoms with Gasteiger partial charge >= 0.3 is 12.1 Å². The third-order valence-corrected chi connectivity index (χ3v) is 8.57. The Bertz CT molecular complexity index is 1350. The monoisotopic (exact) mass is 618 g/mol. The van der Waals surface area contributed by atoms with Gasteiger partial charge in [-0.1, -0.05) is 110 Å². The number of esters is 1. The van der Waals surface area contributed by atoms with Crippen LogP contribution in [-0.2, 0) is 19.9 Å². The van der Waals surface area contributed by atoms with E-state index in [1.54, 1.807) is 0 Å². The van der Waals surface area contributed by atoms with Gasteiger partial charge in [-0.15, -0.1) is 0 Å². The zero-order valence-electron chi connectivity index (χ0n) is 26.3. The van der Waals surface area contributed by atoms with Crippen LogP contribution < -0.4 is 11.1 Å². The molecule has 44 heavy (non-hydrogen) atoms. The first kappa shape index (κ1) is 33.5. The van der Waals surface area contributed by atoms with Crippen molar-refractivity contribution in [2.45, 2.75) is 102 Å². The molecule has 4 rings (SSSR count). The molecular weight excluding hydrogens is 572 g/mol. The first-order valence-corrected chi connectivity index (χ1v) is 16.3. The maximum Gasteiger partial charge on any atom is 0.407 e. The third-order valence-electron chi connectivity index (χ3n) is 8.24. The van der Waals surface area contributed by atoms with E-state index in [1.165, 1.54) is 44.1 Å². The third kappa shape index (κ3) is 8.86. The Morgan fingerprint density at radius 1 is 0.841 bits per heavy atom. The van der Waals surface area contributed by atoms with E-state index in [2.05, 4.69) is 29.6 Å². The number of nitrogens with two attached hydrogens (primary N) is 1. The molecule has 3 aromatic rings. The molecule has 0 bridgehead atoms. The second kappa shape index (κ2) is 15.6. The summed E-state index contributed by atoms with van der Waals surface area (Å²) in [5, 5.41) is 3.25. The summed E-state index contributed by atoms with van der Waals surface area (Å²) in [5.41, 5.74) is 8.19. The van der Waals surface area contributed by atoms with Gasteiger partial charge in [0, 0.05) is 28.3 Å². The molecule has 1 saturated carbocycles. The van der Waals surface area contributed by atoms with Crippen molar-refractivity contribution >= 4 is 23.7 Å². The number of benzene rings is 3. The van der Waals surface area contributed by atoms with Crippen molar-refractivity contribution < 1.29 is 19.1 Å². The quantitative estimate of drug-likeness (QED) is 0.0971. The predicted octanol–water partition coefficient (Wildman–Crippen LogP) is 8.64. The van der Waals surface area contributed by atoms with E-state index in [4.69, 9.17) is 26.8 Å². The zero-order valence-corrected chi connectivity index (χ0v) is 27.1. The molecule has 0 spiro atoms. The van der Waals surface area contributed by atoms with Crippen LogP contribution >= 0.6 is 11.6 Å². The molecule has 1 aliphatic rings. The van der Waals surface area contributed by atoms with Crippen molar-refractivity contribution in [3.8, 4) is 0 Å². The topological polar surface area (TPSA) is 90.6 Å². The Morgan fingerprint density at radius 3 is 2.09 bits per heavy atom. The molecule has 0 aliphatic heterocycles. The van der Waals surface area contributed by atoms with Crippen molar-refractivity contribution in [3.05, 3.63) is 106 Å². The highest BCUT2D eigenvalue weighted by molar-refractivity contribution is 6.31. The number of rotatable bonds is 11. The van der Waals surface area contributed by atoms with Crippen molar-refractivity contribution in [2.75, 3.05) is 6.54 Å². The van der Waals surface area contributed by atoms with Crippen molar-refractivity contribution in [2.24, 2.45) is 5.73 Å². The maximum absolute atomic E-state index is 13.8. The molecular formula is C37H47ClN2O4. The van der Waals surface area contributed by atoms with Gasteiger partial charge in [0.25, 0.3) is 0 Å². The van der Waals surface area contributed by atoms with Crippen molar-refractivity contribution in [1.82, 2.24) is 5.32 Å². The minimum absolute atomic E-state index is 0.406. The minimum atomic E-state index is -1.30. The molecule has 0 saturated heterocycles. The molecule has 3 aromatic carbocycles. The lowest BCUT2D eigenvalue weighted by Gasteiger charge is -2.37. The van der Waals surface area contributed by atoms with Gasteiger partial charge < -0.3 is 20.5 Å². The average molecular weight is 619 g/mol. The minimum Gasteiger partial charge on any atom is -0.444 e. The summed E-state index contributed by atoms with van der Waals surface area (Å²) >= 11 is 6.86. The van der Waals surface area contributed by atoms with E-state index in [-0.39, 0.29) is 0 Å². The lowest BCUT2D eigenvalue weighted by Crippen LogP contribution is -2.42. The van der Waals surface area contributed by atoms with Crippen molar-refractivity contribution in [3.63, 3.8) is 0 Å². The Morgan fingerprint density at radius 2 is 1.45 bits per heavy atom. The van der Waals surface area contributed by atoms with Crippen LogP contribution in [0, 0.1) is 0 Å². The highest BCUT2D eigenvalue weighted by Crippen LogP contribution is 2.44. The van der Waals surface area contributed by atoms with E-state index in [0.717, 1.165) is 11.1 Å². The lowest BCUT2D eigenvalue weighted by molar-refractivity contribution is -0.155. The summed E-state index contributed by atoms with van der Waals surface area (Å²) < 4.78 is 11.8. The Hall–Kier alpha value is -3.35. The number of ether oxygens (including phenoxy) is 2. The fraction of sp³-hybridized carbons (Fsp3) is 0.459. The van der Waals surface area contributed by atoms with E-state index in [0.29, 0.717) is 42.3 Å². The molecule has 1 amide bonds. The number of amides is 1. The SMILES string of the molecule is CC(C)(C)OC(=O)NCCCC[C@@H](N)C(=O)OC(c1ccccc1)(c1ccc(C2CCCCCC2)cc1)c1ccccc1Cl. The van der Waals surface area contributed by atoms with E-state index in [9.17, 15) is 9.59 Å². The molecule has 1 unspecified atom stereocenters. The van der Waals surface area contributed by atoms with Crippen LogP contribution in [0.15, 0.2) is 78.9 Å². The number of hydrogen-bond acceptors (Lipinski definition) is 5. The number of unbranched alkanes of at least 4 members (excludes halogenated alkanes) is 1. The van der Waals surface area contributed by atoms with Gasteiger partial charge in [0.15, 0.2) is 5.60 Å². The number of carbonyl (C=O) groups excluding carboxylic acids is 2. The number of alkyl carbamates (subject to hydrolysis) is 1. The van der Waals surface area contributed by atoms with Crippen LogP contribution in [0.5, 0.6) is 0 Å². The van der Waals surface area contributed by atoms with Crippen LogP contribution in [0.3, 0.4) is 0 Å².